The van der Waals surface area contributed by atoms with Crippen LogP contribution in [-0.2, 0) is 20.9 Å². The van der Waals surface area contributed by atoms with Crippen molar-refractivity contribution in [3.05, 3.63) is 0 Å². The molecule has 0 fully saturated rings. The van der Waals surface area contributed by atoms with Crippen molar-refractivity contribution in [3.63, 3.8) is 0 Å². The Kier molecular flexibility index (Phi) is 62.2. The zero-order chi connectivity index (χ0) is 2.00. The van der Waals surface area contributed by atoms with Gasteiger partial charge in [-0.3, -0.25) is 0 Å². The van der Waals surface area contributed by atoms with Gasteiger partial charge in [0.2, 0.25) is 0 Å². The molecule has 0 aliphatic heterocycles. The Bertz CT molecular complexity index is 8.00. The summed E-state index contributed by atoms with van der Waals surface area (Å²) in [4.78, 5) is 0. The van der Waals surface area contributed by atoms with Gasteiger partial charge < -0.3 is 0 Å². The summed E-state index contributed by atoms with van der Waals surface area (Å²) in [6.07, 6.45) is 0. The molecule has 0 aromatic rings. The third-order valence-corrected chi connectivity index (χ3v) is 0. The van der Waals surface area contributed by atoms with Gasteiger partial charge in [-0.1, -0.05) is 0 Å². The number of rotatable bonds is 0. The summed E-state index contributed by atoms with van der Waals surface area (Å²) in [5, 5.41) is 0. The van der Waals surface area contributed by atoms with E-state index in [2.05, 4.69) is 20.9 Å². The fourth-order valence-electron chi connectivity index (χ4n) is 0. The van der Waals surface area contributed by atoms with E-state index in [-0.39, 0.29) is 89.1 Å². The van der Waals surface area contributed by atoms with E-state index >= 15 is 0 Å². The molecule has 0 spiro atoms. The molecule has 0 aliphatic rings. The van der Waals surface area contributed by atoms with Gasteiger partial charge in [-0.05, 0) is 0 Å². The average molecular weight is 292 g/mol. The van der Waals surface area contributed by atoms with Gasteiger partial charge in [0, 0.05) is 0 Å². The molecule has 0 N–H and O–H groups in total. The van der Waals surface area contributed by atoms with Gasteiger partial charge in [0.25, 0.3) is 0 Å². The van der Waals surface area contributed by atoms with Crippen molar-refractivity contribution in [1.29, 1.82) is 0 Å². The van der Waals surface area contributed by atoms with Crippen molar-refractivity contribution in [2.75, 3.05) is 0 Å². The van der Waals surface area contributed by atoms with Gasteiger partial charge in [0.15, 0.2) is 0 Å². The maximum absolute atomic E-state index is 2.28. The molecule has 0 bridgehead atoms. The second-order valence-corrected chi connectivity index (χ2v) is 0. The SMILES string of the molecule is [BH2][Au].[CaH2].[KH]. The summed E-state index contributed by atoms with van der Waals surface area (Å²) >= 11 is 2.28. The van der Waals surface area contributed by atoms with E-state index < -0.39 is 0 Å². The Labute approximate surface area is 112 Å². The van der Waals surface area contributed by atoms with Crippen LogP contribution in [0.5, 0.6) is 0 Å². The second-order valence-electron chi connectivity index (χ2n) is 0. The zero-order valence-corrected chi connectivity index (χ0v) is 3.47. The first-order chi connectivity index (χ1) is 1.00. The van der Waals surface area contributed by atoms with Crippen LogP contribution in [-0.4, -0.2) is 95.1 Å². The van der Waals surface area contributed by atoms with Crippen LogP contribution in [0.1, 0.15) is 0 Å². The predicted octanol–water partition coefficient (Wildman–Crippen LogP) is -2.48. The van der Waals surface area contributed by atoms with E-state index in [4.69, 9.17) is 0 Å². The molecule has 0 heterocycles. The molecule has 0 saturated heterocycles. The molecule has 0 nitrogen and oxygen atoms in total. The molecule has 0 rings (SSSR count). The normalized spacial score (nSPS) is 1.50. The molecule has 0 saturated carbocycles. The Morgan fingerprint density at radius 3 is 1.25 bits per heavy atom. The zero-order valence-electron chi connectivity index (χ0n) is 1.30. The standard InChI is InChI=1S/Au.BH2.Ca.K.3H/h;1H2;;;;;/q-1;+1;;;;;. The van der Waals surface area contributed by atoms with Crippen molar-refractivity contribution < 1.29 is 20.9 Å². The van der Waals surface area contributed by atoms with Gasteiger partial charge >= 0.3 is 116 Å². The first-order valence-corrected chi connectivity index (χ1v) is 2.47. The van der Waals surface area contributed by atoms with E-state index in [0.717, 1.165) is 0 Å². The second kappa shape index (κ2) is 15.9. The number of hydrogen-bond acceptors (Lipinski definition) is 0. The van der Waals surface area contributed by atoms with Crippen molar-refractivity contribution >= 4 is 95.1 Å². The minimum atomic E-state index is 0. The molecule has 22 valence electrons. The van der Waals surface area contributed by atoms with Crippen molar-refractivity contribution in [1.82, 2.24) is 0 Å². The Morgan fingerprint density at radius 1 is 1.25 bits per heavy atom. The van der Waals surface area contributed by atoms with Gasteiger partial charge in [-0.15, -0.1) is 0 Å². The van der Waals surface area contributed by atoms with Crippen molar-refractivity contribution in [2.45, 2.75) is 0 Å². The van der Waals surface area contributed by atoms with Gasteiger partial charge in [0.05, 0.1) is 0 Å². The maximum atomic E-state index is 2.28. The average Bonchev–Trinajstić information content (AvgIpc) is 1.00. The summed E-state index contributed by atoms with van der Waals surface area (Å²) < 4.78 is 0. The van der Waals surface area contributed by atoms with Crippen LogP contribution in [0.15, 0.2) is 0 Å². The molecule has 0 atom stereocenters. The molecule has 0 aromatic heterocycles. The monoisotopic (exact) mass is 292 g/mol. The summed E-state index contributed by atoms with van der Waals surface area (Å²) in [7, 11) is 0. The summed E-state index contributed by atoms with van der Waals surface area (Å²) in [5.74, 6) is 1.94. The third kappa shape index (κ3) is 9.20. The van der Waals surface area contributed by atoms with Gasteiger partial charge in [-0.2, -0.15) is 0 Å². The quantitative estimate of drug-likeness (QED) is 0.434. The van der Waals surface area contributed by atoms with E-state index in [9.17, 15) is 0 Å². The summed E-state index contributed by atoms with van der Waals surface area (Å²) in [6, 6.07) is 0. The molecule has 4 heavy (non-hydrogen) atoms. The molecule has 0 radical (unpaired) electrons. The van der Waals surface area contributed by atoms with Crippen LogP contribution in [0.3, 0.4) is 0 Å². The minimum absolute atomic E-state index is 0. The van der Waals surface area contributed by atoms with Gasteiger partial charge in [0.1, 0.15) is 0 Å². The third-order valence-electron chi connectivity index (χ3n) is 0. The van der Waals surface area contributed by atoms with E-state index in [0.29, 0.717) is 0 Å². The fraction of sp³-hybridized carbons (Fsp3) is 0. The van der Waals surface area contributed by atoms with Crippen molar-refractivity contribution in [2.24, 2.45) is 0 Å². The number of hydrogen-bond donors (Lipinski definition) is 0. The van der Waals surface area contributed by atoms with E-state index in [1.165, 1.54) is 0 Å². The van der Waals surface area contributed by atoms with Crippen LogP contribution in [0.2, 0.25) is 0 Å². The fourth-order valence-corrected chi connectivity index (χ4v) is 0. The Balaban J connectivity index is -0.00000000500. The molecule has 0 amide bonds. The van der Waals surface area contributed by atoms with Crippen LogP contribution < -0.4 is 0 Å². The molecular formula is H5AuBCaK. The first-order valence-electron chi connectivity index (χ1n) is 0.302. The topological polar surface area (TPSA) is 0 Å². The van der Waals surface area contributed by atoms with Gasteiger partial charge in [-0.25, -0.2) is 0 Å². The first kappa shape index (κ1) is 15.6. The molecule has 0 aromatic carbocycles. The van der Waals surface area contributed by atoms with Crippen molar-refractivity contribution in [3.8, 4) is 0 Å². The van der Waals surface area contributed by atoms with Crippen LogP contribution in [0.4, 0.5) is 0 Å². The summed E-state index contributed by atoms with van der Waals surface area (Å²) in [6.45, 7) is 0. The molecule has 0 unspecified atom stereocenters. The van der Waals surface area contributed by atoms with Crippen LogP contribution >= 0.6 is 0 Å². The summed E-state index contributed by atoms with van der Waals surface area (Å²) in [5.41, 5.74) is 0. The van der Waals surface area contributed by atoms with E-state index in [1.54, 1.807) is 0 Å². The Hall–Kier alpha value is 3.70. The van der Waals surface area contributed by atoms with Crippen LogP contribution in [0, 0.1) is 0 Å². The molecular weight excluding hydrogens is 287 g/mol. The predicted molar refractivity (Wildman–Crippen MR) is 24.2 cm³/mol. The molecule has 4 heteroatoms. The van der Waals surface area contributed by atoms with E-state index in [1.807, 2.05) is 5.93 Å². The van der Waals surface area contributed by atoms with Crippen LogP contribution in [0.25, 0.3) is 0 Å². The molecule has 0 aliphatic carbocycles. The Morgan fingerprint density at radius 2 is 1.25 bits per heavy atom.